The van der Waals surface area contributed by atoms with Crippen LogP contribution in [0.5, 0.6) is 11.5 Å². The highest BCUT2D eigenvalue weighted by Gasteiger charge is 2.17. The predicted octanol–water partition coefficient (Wildman–Crippen LogP) is 3.14. The first-order valence-electron chi connectivity index (χ1n) is 11.1. The molecule has 7 nitrogen and oxygen atoms in total. The molecular weight excluding hydrogens is 418 g/mol. The SMILES string of the molecule is COc1ccc(/C=C/C(/C=C/C(=O)N2CCN(C)CC2)NOCc2ccccc2)cc1OC. The lowest BCUT2D eigenvalue weighted by Gasteiger charge is -2.31. The van der Waals surface area contributed by atoms with Gasteiger partial charge in [-0.2, -0.15) is 5.48 Å². The molecule has 2 aromatic rings. The van der Waals surface area contributed by atoms with Crippen LogP contribution in [0.15, 0.2) is 66.8 Å². The summed E-state index contributed by atoms with van der Waals surface area (Å²) in [5.41, 5.74) is 5.05. The minimum absolute atomic E-state index is 0.0116. The van der Waals surface area contributed by atoms with E-state index in [0.29, 0.717) is 18.1 Å². The number of likely N-dealkylation sites (N-methyl/N-ethyl adjacent to an activating group) is 1. The van der Waals surface area contributed by atoms with Crippen LogP contribution in [-0.4, -0.2) is 69.2 Å². The smallest absolute Gasteiger partial charge is 0.246 e. The highest BCUT2D eigenvalue weighted by Crippen LogP contribution is 2.28. The molecule has 1 heterocycles. The van der Waals surface area contributed by atoms with Gasteiger partial charge in [-0.05, 0) is 30.3 Å². The summed E-state index contributed by atoms with van der Waals surface area (Å²) in [4.78, 5) is 22.4. The van der Waals surface area contributed by atoms with Gasteiger partial charge in [-0.25, -0.2) is 0 Å². The Balaban J connectivity index is 1.67. The third kappa shape index (κ3) is 7.75. The number of hydrogen-bond acceptors (Lipinski definition) is 6. The number of rotatable bonds is 10. The van der Waals surface area contributed by atoms with E-state index in [9.17, 15) is 4.79 Å². The summed E-state index contributed by atoms with van der Waals surface area (Å²) in [6.45, 7) is 3.68. The molecule has 1 saturated heterocycles. The maximum Gasteiger partial charge on any atom is 0.246 e. The lowest BCUT2D eigenvalue weighted by atomic mass is 10.1. The zero-order valence-electron chi connectivity index (χ0n) is 19.6. The van der Waals surface area contributed by atoms with Crippen molar-refractivity contribution in [2.45, 2.75) is 12.6 Å². The maximum atomic E-state index is 12.6. The molecule has 1 unspecified atom stereocenters. The summed E-state index contributed by atoms with van der Waals surface area (Å²) in [7, 11) is 5.29. The Labute approximate surface area is 196 Å². The first-order valence-corrected chi connectivity index (χ1v) is 11.1. The molecule has 1 fully saturated rings. The fourth-order valence-corrected chi connectivity index (χ4v) is 3.43. The molecule has 0 spiro atoms. The monoisotopic (exact) mass is 451 g/mol. The first-order chi connectivity index (χ1) is 16.1. The number of hydrogen-bond donors (Lipinski definition) is 1. The van der Waals surface area contributed by atoms with Crippen LogP contribution in [-0.2, 0) is 16.2 Å². The Morgan fingerprint density at radius 2 is 1.73 bits per heavy atom. The molecule has 1 amide bonds. The molecule has 33 heavy (non-hydrogen) atoms. The van der Waals surface area contributed by atoms with Gasteiger partial charge in [0, 0.05) is 32.3 Å². The molecule has 0 bridgehead atoms. The van der Waals surface area contributed by atoms with Gasteiger partial charge in [0.25, 0.3) is 0 Å². The zero-order chi connectivity index (χ0) is 23.5. The van der Waals surface area contributed by atoms with Crippen LogP contribution in [0.4, 0.5) is 0 Å². The Kier molecular flexibility index (Phi) is 9.50. The van der Waals surface area contributed by atoms with Crippen LogP contribution >= 0.6 is 0 Å². The standard InChI is InChI=1S/C26H33N3O4/c1-28-15-17-29(18-16-28)26(30)14-12-23(27-33-20-22-7-5-4-6-8-22)11-9-21-10-13-24(31-2)25(19-21)32-3/h4-14,19,23,27H,15-18,20H2,1-3H3/b11-9+,14-12+. The Bertz CT molecular complexity index is 938. The minimum Gasteiger partial charge on any atom is -0.493 e. The Morgan fingerprint density at radius 3 is 2.42 bits per heavy atom. The predicted molar refractivity (Wildman–Crippen MR) is 130 cm³/mol. The second-order valence-electron chi connectivity index (χ2n) is 7.88. The van der Waals surface area contributed by atoms with Gasteiger partial charge in [0.15, 0.2) is 11.5 Å². The largest absolute Gasteiger partial charge is 0.493 e. The average molecular weight is 452 g/mol. The van der Waals surface area contributed by atoms with E-state index in [1.807, 2.05) is 71.7 Å². The molecule has 0 radical (unpaired) electrons. The van der Waals surface area contributed by atoms with Gasteiger partial charge in [-0.15, -0.1) is 0 Å². The first kappa shape index (κ1) is 24.5. The summed E-state index contributed by atoms with van der Waals surface area (Å²) < 4.78 is 10.7. The lowest BCUT2D eigenvalue weighted by molar-refractivity contribution is -0.127. The van der Waals surface area contributed by atoms with Crippen LogP contribution < -0.4 is 15.0 Å². The molecule has 0 aliphatic carbocycles. The van der Waals surface area contributed by atoms with Crippen molar-refractivity contribution < 1.29 is 19.1 Å². The molecule has 1 aliphatic heterocycles. The summed E-state index contributed by atoms with van der Waals surface area (Å²) >= 11 is 0. The number of carbonyl (C=O) groups is 1. The van der Waals surface area contributed by atoms with Crippen molar-refractivity contribution >= 4 is 12.0 Å². The Morgan fingerprint density at radius 1 is 1.00 bits per heavy atom. The van der Waals surface area contributed by atoms with E-state index in [1.165, 1.54) is 0 Å². The van der Waals surface area contributed by atoms with Crippen molar-refractivity contribution in [3.63, 3.8) is 0 Å². The van der Waals surface area contributed by atoms with Gasteiger partial charge in [-0.3, -0.25) is 9.63 Å². The van der Waals surface area contributed by atoms with Crippen LogP contribution in [0.25, 0.3) is 6.08 Å². The third-order valence-corrected chi connectivity index (χ3v) is 5.47. The molecule has 7 heteroatoms. The van der Waals surface area contributed by atoms with Crippen molar-refractivity contribution in [3.8, 4) is 11.5 Å². The molecule has 1 N–H and O–H groups in total. The summed E-state index contributed by atoms with van der Waals surface area (Å²) in [5.74, 6) is 1.34. The fraction of sp³-hybridized carbons (Fsp3) is 0.346. The molecular formula is C26H33N3O4. The van der Waals surface area contributed by atoms with Gasteiger partial charge in [0.05, 0.1) is 26.9 Å². The van der Waals surface area contributed by atoms with Crippen molar-refractivity contribution in [1.29, 1.82) is 0 Å². The van der Waals surface area contributed by atoms with Gasteiger partial charge in [0.2, 0.25) is 5.91 Å². The third-order valence-electron chi connectivity index (χ3n) is 5.47. The zero-order valence-corrected chi connectivity index (χ0v) is 19.6. The number of amides is 1. The number of benzene rings is 2. The fourth-order valence-electron chi connectivity index (χ4n) is 3.43. The number of carbonyl (C=O) groups excluding carboxylic acids is 1. The van der Waals surface area contributed by atoms with Crippen molar-refractivity contribution in [1.82, 2.24) is 15.3 Å². The Hall–Kier alpha value is -3.13. The molecule has 2 aromatic carbocycles. The van der Waals surface area contributed by atoms with E-state index in [2.05, 4.69) is 17.4 Å². The highest BCUT2D eigenvalue weighted by molar-refractivity contribution is 5.87. The van der Waals surface area contributed by atoms with Gasteiger partial charge in [-0.1, -0.05) is 54.6 Å². The van der Waals surface area contributed by atoms with Crippen LogP contribution in [0, 0.1) is 0 Å². The van der Waals surface area contributed by atoms with Gasteiger partial charge >= 0.3 is 0 Å². The maximum absolute atomic E-state index is 12.6. The summed E-state index contributed by atoms with van der Waals surface area (Å²) in [6.07, 6.45) is 7.34. The van der Waals surface area contributed by atoms with E-state index in [1.54, 1.807) is 20.3 Å². The van der Waals surface area contributed by atoms with E-state index < -0.39 is 0 Å². The normalized spacial score (nSPS) is 15.8. The van der Waals surface area contributed by atoms with Crippen LogP contribution in [0.3, 0.4) is 0 Å². The highest BCUT2D eigenvalue weighted by atomic mass is 16.6. The van der Waals surface area contributed by atoms with Gasteiger partial charge < -0.3 is 19.3 Å². The number of hydroxylamine groups is 1. The second-order valence-corrected chi connectivity index (χ2v) is 7.88. The molecule has 0 saturated carbocycles. The molecule has 1 aliphatic rings. The molecule has 1 atom stereocenters. The number of piperazine rings is 1. The average Bonchev–Trinajstić information content (AvgIpc) is 2.86. The second kappa shape index (κ2) is 12.8. The molecule has 3 rings (SSSR count). The molecule has 0 aromatic heterocycles. The van der Waals surface area contributed by atoms with Crippen molar-refractivity contribution in [2.24, 2.45) is 0 Å². The van der Waals surface area contributed by atoms with E-state index >= 15 is 0 Å². The van der Waals surface area contributed by atoms with E-state index in [-0.39, 0.29) is 11.9 Å². The minimum atomic E-state index is -0.293. The van der Waals surface area contributed by atoms with E-state index in [0.717, 1.165) is 37.3 Å². The summed E-state index contributed by atoms with van der Waals surface area (Å²) in [5, 5.41) is 0. The van der Waals surface area contributed by atoms with E-state index in [4.69, 9.17) is 14.3 Å². The van der Waals surface area contributed by atoms with Crippen molar-refractivity contribution in [3.05, 3.63) is 77.9 Å². The molecule has 176 valence electrons. The summed E-state index contributed by atoms with van der Waals surface area (Å²) in [6, 6.07) is 15.3. The lowest BCUT2D eigenvalue weighted by Crippen LogP contribution is -2.46. The quantitative estimate of drug-likeness (QED) is 0.442. The van der Waals surface area contributed by atoms with Gasteiger partial charge in [0.1, 0.15) is 0 Å². The van der Waals surface area contributed by atoms with Crippen LogP contribution in [0.1, 0.15) is 11.1 Å². The topological polar surface area (TPSA) is 63.3 Å². The number of methoxy groups -OCH3 is 2. The number of nitrogens with one attached hydrogen (secondary N) is 1. The number of ether oxygens (including phenoxy) is 2. The van der Waals surface area contributed by atoms with Crippen molar-refractivity contribution in [2.75, 3.05) is 47.4 Å². The van der Waals surface area contributed by atoms with Crippen LogP contribution in [0.2, 0.25) is 0 Å². The number of nitrogens with zero attached hydrogens (tertiary/aromatic N) is 2.